The molecule has 2 atom stereocenters. The third-order valence-electron chi connectivity index (χ3n) is 4.75. The summed E-state index contributed by atoms with van der Waals surface area (Å²) < 4.78 is 0.727. The fraction of sp³-hybridized carbons (Fsp3) is 0.643. The largest absolute Gasteiger partial charge is 0.356 e. The molecule has 0 aromatic carbocycles. The fourth-order valence-electron chi connectivity index (χ4n) is 3.50. The van der Waals surface area contributed by atoms with Crippen LogP contribution in [0.1, 0.15) is 31.2 Å². The monoisotopic (exact) mass is 354 g/mol. The Bertz CT molecular complexity index is 568. The van der Waals surface area contributed by atoms with Gasteiger partial charge >= 0.3 is 0 Å². The molecular formula is C14H19BrN4O2. The van der Waals surface area contributed by atoms with E-state index in [1.165, 1.54) is 19.0 Å². The van der Waals surface area contributed by atoms with E-state index in [1.54, 1.807) is 6.92 Å². The molecule has 2 saturated heterocycles. The number of fused-ring (bicyclic) bond motifs is 2. The second-order valence-corrected chi connectivity index (χ2v) is 6.83. The number of hydrogen-bond acceptors (Lipinski definition) is 5. The Balaban J connectivity index is 1.86. The van der Waals surface area contributed by atoms with Gasteiger partial charge in [0.05, 0.1) is 9.40 Å². The first kappa shape index (κ1) is 14.7. The number of nitro groups is 1. The second kappa shape index (κ2) is 5.53. The van der Waals surface area contributed by atoms with Crippen LogP contribution in [0.15, 0.2) is 10.7 Å². The van der Waals surface area contributed by atoms with Gasteiger partial charge in [-0.15, -0.1) is 0 Å². The number of anilines is 1. The summed E-state index contributed by atoms with van der Waals surface area (Å²) in [6.45, 7) is 1.76. The molecule has 6 nitrogen and oxygen atoms in total. The highest BCUT2D eigenvalue weighted by Crippen LogP contribution is 2.36. The molecule has 114 valence electrons. The van der Waals surface area contributed by atoms with Crippen molar-refractivity contribution in [2.24, 2.45) is 0 Å². The van der Waals surface area contributed by atoms with Crippen LogP contribution in [0.5, 0.6) is 0 Å². The van der Waals surface area contributed by atoms with Gasteiger partial charge < -0.3 is 10.2 Å². The summed E-state index contributed by atoms with van der Waals surface area (Å²) in [5.41, 5.74) is 0.693. The number of rotatable bonds is 3. The molecule has 2 bridgehead atoms. The van der Waals surface area contributed by atoms with Crippen LogP contribution in [0.4, 0.5) is 11.5 Å². The minimum Gasteiger partial charge on any atom is -0.356 e. The van der Waals surface area contributed by atoms with Gasteiger partial charge in [-0.2, -0.15) is 0 Å². The zero-order valence-electron chi connectivity index (χ0n) is 12.2. The zero-order valence-corrected chi connectivity index (χ0v) is 13.8. The molecular weight excluding hydrogens is 336 g/mol. The number of pyridine rings is 1. The first-order chi connectivity index (χ1) is 9.97. The van der Waals surface area contributed by atoms with Crippen LogP contribution >= 0.6 is 15.9 Å². The Morgan fingerprint density at radius 2 is 2.05 bits per heavy atom. The summed E-state index contributed by atoms with van der Waals surface area (Å²) in [5, 5.41) is 14.6. The average molecular weight is 355 g/mol. The van der Waals surface area contributed by atoms with Crippen LogP contribution < -0.4 is 10.2 Å². The molecule has 0 radical (unpaired) electrons. The molecule has 2 aliphatic heterocycles. The lowest BCUT2D eigenvalue weighted by Crippen LogP contribution is -2.47. The zero-order chi connectivity index (χ0) is 15.1. The van der Waals surface area contributed by atoms with E-state index >= 15 is 0 Å². The summed E-state index contributed by atoms with van der Waals surface area (Å²) in [5.74, 6) is 0.796. The van der Waals surface area contributed by atoms with Gasteiger partial charge in [-0.05, 0) is 48.5 Å². The van der Waals surface area contributed by atoms with E-state index in [2.05, 4.69) is 31.1 Å². The summed E-state index contributed by atoms with van der Waals surface area (Å²) in [7, 11) is 2.04. The minimum atomic E-state index is -0.387. The predicted octanol–water partition coefficient (Wildman–Crippen LogP) is 2.78. The molecule has 0 saturated carbocycles. The fourth-order valence-corrected chi connectivity index (χ4v) is 4.09. The van der Waals surface area contributed by atoms with Crippen molar-refractivity contribution >= 4 is 27.4 Å². The summed E-state index contributed by atoms with van der Waals surface area (Å²) in [4.78, 5) is 17.1. The van der Waals surface area contributed by atoms with Crippen molar-refractivity contribution < 1.29 is 4.92 Å². The first-order valence-electron chi connectivity index (χ1n) is 7.25. The van der Waals surface area contributed by atoms with Crippen molar-refractivity contribution in [1.29, 1.82) is 0 Å². The van der Waals surface area contributed by atoms with E-state index in [9.17, 15) is 10.1 Å². The Hall–Kier alpha value is -1.21. The van der Waals surface area contributed by atoms with Crippen molar-refractivity contribution in [1.82, 2.24) is 10.3 Å². The van der Waals surface area contributed by atoms with Gasteiger partial charge in [-0.3, -0.25) is 10.1 Å². The van der Waals surface area contributed by atoms with Gasteiger partial charge in [0, 0.05) is 30.7 Å². The summed E-state index contributed by atoms with van der Waals surface area (Å²) in [6, 6.07) is 1.65. The van der Waals surface area contributed by atoms with E-state index < -0.39 is 0 Å². The molecule has 2 fully saturated rings. The van der Waals surface area contributed by atoms with Gasteiger partial charge in [0.1, 0.15) is 12.0 Å². The maximum absolute atomic E-state index is 11.0. The van der Waals surface area contributed by atoms with Crippen LogP contribution in [0.25, 0.3) is 0 Å². The molecule has 1 aromatic rings. The number of hydrogen-bond donors (Lipinski definition) is 1. The van der Waals surface area contributed by atoms with Crippen molar-refractivity contribution in [2.45, 2.75) is 50.7 Å². The van der Waals surface area contributed by atoms with Gasteiger partial charge in [-0.25, -0.2) is 4.98 Å². The van der Waals surface area contributed by atoms with Crippen molar-refractivity contribution in [3.05, 3.63) is 26.3 Å². The predicted molar refractivity (Wildman–Crippen MR) is 84.7 cm³/mol. The van der Waals surface area contributed by atoms with Crippen LogP contribution in [-0.4, -0.2) is 35.1 Å². The molecule has 21 heavy (non-hydrogen) atoms. The van der Waals surface area contributed by atoms with Gasteiger partial charge in [0.25, 0.3) is 5.69 Å². The van der Waals surface area contributed by atoms with Crippen LogP contribution in [-0.2, 0) is 0 Å². The third kappa shape index (κ3) is 2.64. The van der Waals surface area contributed by atoms with Crippen molar-refractivity contribution in [3.8, 4) is 0 Å². The van der Waals surface area contributed by atoms with E-state index in [4.69, 9.17) is 0 Å². The Labute approximate surface area is 132 Å². The smallest absolute Gasteiger partial charge is 0.291 e. The Morgan fingerprint density at radius 1 is 1.43 bits per heavy atom. The lowest BCUT2D eigenvalue weighted by molar-refractivity contribution is -0.385. The maximum atomic E-state index is 11.0. The second-order valence-electron chi connectivity index (χ2n) is 6.04. The highest BCUT2D eigenvalue weighted by molar-refractivity contribution is 9.10. The maximum Gasteiger partial charge on any atom is 0.291 e. The van der Waals surface area contributed by atoms with Crippen molar-refractivity contribution in [3.63, 3.8) is 0 Å². The third-order valence-corrected chi connectivity index (χ3v) is 5.69. The minimum absolute atomic E-state index is 0.0596. The normalized spacial score (nSPS) is 27.7. The number of piperidine rings is 1. The molecule has 7 heteroatoms. The van der Waals surface area contributed by atoms with E-state index in [1.807, 2.05) is 7.05 Å². The van der Waals surface area contributed by atoms with Gasteiger partial charge in [0.15, 0.2) is 0 Å². The lowest BCUT2D eigenvalue weighted by Gasteiger charge is -2.36. The molecule has 0 spiro atoms. The van der Waals surface area contributed by atoms with E-state index in [-0.39, 0.29) is 10.6 Å². The molecule has 3 heterocycles. The van der Waals surface area contributed by atoms with E-state index in [0.29, 0.717) is 23.7 Å². The molecule has 2 unspecified atom stereocenters. The van der Waals surface area contributed by atoms with Gasteiger partial charge in [-0.1, -0.05) is 0 Å². The lowest BCUT2D eigenvalue weighted by atomic mass is 9.98. The number of halogens is 1. The van der Waals surface area contributed by atoms with Crippen LogP contribution in [0.2, 0.25) is 0 Å². The van der Waals surface area contributed by atoms with Crippen molar-refractivity contribution in [2.75, 3.05) is 11.9 Å². The standard InChI is InChI=1S/C14H19BrN4O2/c1-8-12(19(20)21)7-16-14(13(8)15)18(2)11-5-9-3-4-10(6-11)17-9/h7,9-11,17H,3-6H2,1-2H3. The van der Waals surface area contributed by atoms with E-state index in [0.717, 1.165) is 23.1 Å². The number of aromatic nitrogens is 1. The molecule has 1 N–H and O–H groups in total. The Morgan fingerprint density at radius 3 is 2.62 bits per heavy atom. The topological polar surface area (TPSA) is 71.3 Å². The molecule has 0 amide bonds. The number of nitrogens with one attached hydrogen (secondary N) is 1. The number of nitrogens with zero attached hydrogens (tertiary/aromatic N) is 3. The molecule has 1 aromatic heterocycles. The van der Waals surface area contributed by atoms with Crippen LogP contribution in [0.3, 0.4) is 0 Å². The first-order valence-corrected chi connectivity index (χ1v) is 8.05. The quantitative estimate of drug-likeness (QED) is 0.667. The SMILES string of the molecule is Cc1c([N+](=O)[O-])cnc(N(C)C2CC3CCC(C2)N3)c1Br. The molecule has 0 aliphatic carbocycles. The van der Waals surface area contributed by atoms with Gasteiger partial charge in [0.2, 0.25) is 0 Å². The molecule has 2 aliphatic rings. The summed E-state index contributed by atoms with van der Waals surface area (Å²) >= 11 is 3.49. The highest BCUT2D eigenvalue weighted by atomic mass is 79.9. The highest BCUT2D eigenvalue weighted by Gasteiger charge is 2.36. The average Bonchev–Trinajstić information content (AvgIpc) is 2.79. The summed E-state index contributed by atoms with van der Waals surface area (Å²) in [6.07, 6.45) is 6.09. The van der Waals surface area contributed by atoms with Crippen LogP contribution in [0, 0.1) is 17.0 Å². The Kier molecular flexibility index (Phi) is 3.88. The molecule has 3 rings (SSSR count).